The van der Waals surface area contributed by atoms with Crippen LogP contribution in [0.3, 0.4) is 0 Å². The van der Waals surface area contributed by atoms with Gasteiger partial charge in [-0.25, -0.2) is 4.98 Å². The summed E-state index contributed by atoms with van der Waals surface area (Å²) >= 11 is 0. The van der Waals surface area contributed by atoms with Crippen molar-refractivity contribution in [2.24, 2.45) is 0 Å². The lowest BCUT2D eigenvalue weighted by Crippen LogP contribution is -1.98. The molecule has 90 valence electrons. The maximum Gasteiger partial charge on any atom is 0.303 e. The van der Waals surface area contributed by atoms with Crippen LogP contribution in [0.15, 0.2) is 30.6 Å². The van der Waals surface area contributed by atoms with Crippen LogP contribution in [-0.4, -0.2) is 20.6 Å². The number of benzene rings is 1. The molecule has 0 aliphatic carbocycles. The van der Waals surface area contributed by atoms with Gasteiger partial charge < -0.3 is 9.67 Å². The fourth-order valence-electron chi connectivity index (χ4n) is 1.92. The molecule has 0 fully saturated rings. The third-order valence-corrected chi connectivity index (χ3v) is 2.82. The summed E-state index contributed by atoms with van der Waals surface area (Å²) in [5.74, 6) is -0.710. The lowest BCUT2D eigenvalue weighted by Gasteiger charge is -2.03. The molecule has 1 aromatic carbocycles. The van der Waals surface area contributed by atoms with Crippen LogP contribution >= 0.6 is 0 Å². The predicted octanol–water partition coefficient (Wildman–Crippen LogP) is 2.68. The van der Waals surface area contributed by atoms with Gasteiger partial charge in [0.05, 0.1) is 17.4 Å². The lowest BCUT2D eigenvalue weighted by molar-refractivity contribution is -0.137. The summed E-state index contributed by atoms with van der Waals surface area (Å²) in [7, 11) is 0. The zero-order valence-electron chi connectivity index (χ0n) is 9.67. The number of carboxylic acid groups (broad SMARTS) is 1. The Kier molecular flexibility index (Phi) is 3.75. The Labute approximate surface area is 99.9 Å². The summed E-state index contributed by atoms with van der Waals surface area (Å²) in [6.07, 6.45) is 4.81. The average molecular weight is 232 g/mol. The second kappa shape index (κ2) is 5.48. The van der Waals surface area contributed by atoms with E-state index in [4.69, 9.17) is 5.11 Å². The van der Waals surface area contributed by atoms with Crippen molar-refractivity contribution in [1.82, 2.24) is 9.55 Å². The molecule has 4 heteroatoms. The van der Waals surface area contributed by atoms with E-state index in [1.807, 2.05) is 24.5 Å². The highest BCUT2D eigenvalue weighted by atomic mass is 16.4. The Bertz CT molecular complexity index is 505. The SMILES string of the molecule is O=C(O)CCCCCn1cnc2ccccc21. The standard InChI is InChI=1S/C13H16N2O2/c16-13(17)8-2-1-5-9-15-10-14-11-6-3-4-7-12(11)15/h3-4,6-7,10H,1-2,5,8-9H2,(H,16,17). The largest absolute Gasteiger partial charge is 0.481 e. The molecule has 4 nitrogen and oxygen atoms in total. The number of aliphatic carboxylic acids is 1. The van der Waals surface area contributed by atoms with Crippen LogP contribution in [0.25, 0.3) is 11.0 Å². The maximum absolute atomic E-state index is 10.4. The number of imidazole rings is 1. The number of nitrogens with zero attached hydrogens (tertiary/aromatic N) is 2. The quantitative estimate of drug-likeness (QED) is 0.779. The van der Waals surface area contributed by atoms with Gasteiger partial charge in [-0.1, -0.05) is 18.6 Å². The van der Waals surface area contributed by atoms with E-state index in [1.54, 1.807) is 0 Å². The normalized spacial score (nSPS) is 10.8. The number of aryl methyl sites for hydroxylation is 1. The molecule has 2 rings (SSSR count). The van der Waals surface area contributed by atoms with Gasteiger partial charge >= 0.3 is 5.97 Å². The molecule has 1 N–H and O–H groups in total. The number of hydrogen-bond acceptors (Lipinski definition) is 2. The zero-order chi connectivity index (χ0) is 12.1. The minimum Gasteiger partial charge on any atom is -0.481 e. The van der Waals surface area contributed by atoms with E-state index >= 15 is 0 Å². The first-order valence-corrected chi connectivity index (χ1v) is 5.89. The Hall–Kier alpha value is -1.84. The van der Waals surface area contributed by atoms with Gasteiger partial charge in [0.15, 0.2) is 0 Å². The van der Waals surface area contributed by atoms with E-state index in [9.17, 15) is 4.79 Å². The van der Waals surface area contributed by atoms with Gasteiger partial charge in [-0.05, 0) is 25.0 Å². The van der Waals surface area contributed by atoms with Crippen LogP contribution in [0.2, 0.25) is 0 Å². The molecule has 0 bridgehead atoms. The van der Waals surface area contributed by atoms with Crippen molar-refractivity contribution in [2.75, 3.05) is 0 Å². The first-order valence-electron chi connectivity index (χ1n) is 5.89. The maximum atomic E-state index is 10.4. The number of carboxylic acids is 1. The predicted molar refractivity (Wildman–Crippen MR) is 65.8 cm³/mol. The molecule has 0 amide bonds. The number of unbranched alkanes of at least 4 members (excludes halogenated alkanes) is 2. The summed E-state index contributed by atoms with van der Waals surface area (Å²) in [6, 6.07) is 8.04. The van der Waals surface area contributed by atoms with E-state index in [2.05, 4.69) is 15.6 Å². The van der Waals surface area contributed by atoms with E-state index in [-0.39, 0.29) is 6.42 Å². The van der Waals surface area contributed by atoms with Crippen molar-refractivity contribution in [3.05, 3.63) is 30.6 Å². The first kappa shape index (κ1) is 11.6. The van der Waals surface area contributed by atoms with Gasteiger partial charge in [0.2, 0.25) is 0 Å². The number of aromatic nitrogens is 2. The average Bonchev–Trinajstić information content (AvgIpc) is 2.72. The number of fused-ring (bicyclic) bond motifs is 1. The molecule has 1 aromatic heterocycles. The number of hydrogen-bond donors (Lipinski definition) is 1. The van der Waals surface area contributed by atoms with Crippen LogP contribution in [0, 0.1) is 0 Å². The minimum absolute atomic E-state index is 0.269. The molecule has 1 heterocycles. The molecule has 0 radical (unpaired) electrons. The molecule has 0 saturated heterocycles. The minimum atomic E-state index is -0.710. The summed E-state index contributed by atoms with van der Waals surface area (Å²) in [6.45, 7) is 0.903. The zero-order valence-corrected chi connectivity index (χ0v) is 9.67. The molecular formula is C13H16N2O2. The van der Waals surface area contributed by atoms with Crippen LogP contribution < -0.4 is 0 Å². The molecule has 0 unspecified atom stereocenters. The first-order chi connectivity index (χ1) is 8.27. The van der Waals surface area contributed by atoms with Crippen LogP contribution in [0.4, 0.5) is 0 Å². The van der Waals surface area contributed by atoms with Gasteiger partial charge in [-0.15, -0.1) is 0 Å². The second-order valence-corrected chi connectivity index (χ2v) is 4.13. The highest BCUT2D eigenvalue weighted by molar-refractivity contribution is 5.74. The van der Waals surface area contributed by atoms with Crippen LogP contribution in [-0.2, 0) is 11.3 Å². The second-order valence-electron chi connectivity index (χ2n) is 4.13. The topological polar surface area (TPSA) is 55.1 Å². The van der Waals surface area contributed by atoms with Gasteiger partial charge in [0.1, 0.15) is 0 Å². The van der Waals surface area contributed by atoms with Crippen molar-refractivity contribution >= 4 is 17.0 Å². The molecule has 0 aliphatic heterocycles. The molecule has 0 saturated carbocycles. The highest BCUT2D eigenvalue weighted by Gasteiger charge is 2.01. The third-order valence-electron chi connectivity index (χ3n) is 2.82. The van der Waals surface area contributed by atoms with Crippen molar-refractivity contribution in [3.63, 3.8) is 0 Å². The molecule has 0 atom stereocenters. The number of carbonyl (C=O) groups is 1. The van der Waals surface area contributed by atoms with Crippen molar-refractivity contribution < 1.29 is 9.90 Å². The molecule has 17 heavy (non-hydrogen) atoms. The Morgan fingerprint density at radius 3 is 2.88 bits per heavy atom. The Morgan fingerprint density at radius 2 is 2.06 bits per heavy atom. The van der Waals surface area contributed by atoms with Crippen molar-refractivity contribution in [2.45, 2.75) is 32.2 Å². The van der Waals surface area contributed by atoms with E-state index in [1.165, 1.54) is 0 Å². The lowest BCUT2D eigenvalue weighted by atomic mass is 10.2. The summed E-state index contributed by atoms with van der Waals surface area (Å²) in [4.78, 5) is 14.7. The fraction of sp³-hybridized carbons (Fsp3) is 0.385. The van der Waals surface area contributed by atoms with Gasteiger partial charge in [0, 0.05) is 13.0 Å². The molecule has 2 aromatic rings. The van der Waals surface area contributed by atoms with Gasteiger partial charge in [0.25, 0.3) is 0 Å². The monoisotopic (exact) mass is 232 g/mol. The summed E-state index contributed by atoms with van der Waals surface area (Å²) in [5.41, 5.74) is 2.16. The Morgan fingerprint density at radius 1 is 1.24 bits per heavy atom. The smallest absolute Gasteiger partial charge is 0.303 e. The number of rotatable bonds is 6. The van der Waals surface area contributed by atoms with Crippen LogP contribution in [0.1, 0.15) is 25.7 Å². The van der Waals surface area contributed by atoms with Crippen LogP contribution in [0.5, 0.6) is 0 Å². The highest BCUT2D eigenvalue weighted by Crippen LogP contribution is 2.13. The van der Waals surface area contributed by atoms with Gasteiger partial charge in [-0.2, -0.15) is 0 Å². The van der Waals surface area contributed by atoms with E-state index in [0.29, 0.717) is 0 Å². The van der Waals surface area contributed by atoms with Crippen molar-refractivity contribution in [1.29, 1.82) is 0 Å². The fourth-order valence-corrected chi connectivity index (χ4v) is 1.92. The van der Waals surface area contributed by atoms with Crippen molar-refractivity contribution in [3.8, 4) is 0 Å². The number of para-hydroxylation sites is 2. The molecule has 0 aliphatic rings. The Balaban J connectivity index is 1.85. The summed E-state index contributed by atoms with van der Waals surface area (Å²) < 4.78 is 2.12. The van der Waals surface area contributed by atoms with E-state index in [0.717, 1.165) is 36.8 Å². The molecule has 0 spiro atoms. The van der Waals surface area contributed by atoms with E-state index < -0.39 is 5.97 Å². The summed E-state index contributed by atoms with van der Waals surface area (Å²) in [5, 5.41) is 8.52. The third kappa shape index (κ3) is 3.06. The molecular weight excluding hydrogens is 216 g/mol. The van der Waals surface area contributed by atoms with Gasteiger partial charge in [-0.3, -0.25) is 4.79 Å².